The molecule has 0 unspecified atom stereocenters. The van der Waals surface area contributed by atoms with Gasteiger partial charge in [0.25, 0.3) is 0 Å². The summed E-state index contributed by atoms with van der Waals surface area (Å²) in [5, 5.41) is 2.60. The highest BCUT2D eigenvalue weighted by Crippen LogP contribution is 2.03. The molecule has 0 heterocycles. The van der Waals surface area contributed by atoms with Crippen LogP contribution in [0.5, 0.6) is 0 Å². The van der Waals surface area contributed by atoms with Gasteiger partial charge in [-0.2, -0.15) is 0 Å². The Balaban J connectivity index is 2.28. The molecule has 0 radical (unpaired) electrons. The summed E-state index contributed by atoms with van der Waals surface area (Å²) in [5.74, 6) is -0.262. The number of carbonyl (C=O) groups is 1. The molecule has 1 aromatic carbocycles. The van der Waals surface area contributed by atoms with E-state index >= 15 is 0 Å². The highest BCUT2D eigenvalue weighted by atomic mass is 19.1. The highest BCUT2D eigenvalue weighted by molar-refractivity contribution is 5.67. The number of ether oxygens (including phenoxy) is 1. The molecule has 0 aliphatic rings. The van der Waals surface area contributed by atoms with Gasteiger partial charge in [0.1, 0.15) is 5.82 Å². The minimum absolute atomic E-state index is 0.130. The van der Waals surface area contributed by atoms with Gasteiger partial charge in [-0.15, -0.1) is 0 Å². The quantitative estimate of drug-likeness (QED) is 0.855. The average Bonchev–Trinajstić information content (AvgIpc) is 2.16. The Morgan fingerprint density at radius 3 is 2.88 bits per heavy atom. The molecule has 0 aliphatic heterocycles. The van der Waals surface area contributed by atoms with E-state index in [4.69, 9.17) is 4.74 Å². The van der Waals surface area contributed by atoms with E-state index in [2.05, 4.69) is 5.32 Å². The highest BCUT2D eigenvalue weighted by Gasteiger charge is 2.03. The van der Waals surface area contributed by atoms with Crippen molar-refractivity contribution in [1.82, 2.24) is 5.32 Å². The molecule has 1 amide bonds. The van der Waals surface area contributed by atoms with Crippen molar-refractivity contribution < 1.29 is 13.9 Å². The van der Waals surface area contributed by atoms with Gasteiger partial charge in [0.05, 0.1) is 6.10 Å². The topological polar surface area (TPSA) is 38.3 Å². The van der Waals surface area contributed by atoms with Crippen LogP contribution in [0.3, 0.4) is 0 Å². The molecule has 16 heavy (non-hydrogen) atoms. The molecule has 0 atom stereocenters. The molecular formula is C12H16FNO2. The predicted octanol–water partition coefficient (Wildman–Crippen LogP) is 2.50. The fourth-order valence-corrected chi connectivity index (χ4v) is 1.26. The Morgan fingerprint density at radius 2 is 2.25 bits per heavy atom. The van der Waals surface area contributed by atoms with Crippen molar-refractivity contribution in [1.29, 1.82) is 0 Å². The second kappa shape index (κ2) is 6.10. The summed E-state index contributed by atoms with van der Waals surface area (Å²) in [4.78, 5) is 11.1. The van der Waals surface area contributed by atoms with E-state index in [9.17, 15) is 9.18 Å². The fraction of sp³-hybridized carbons (Fsp3) is 0.417. The van der Waals surface area contributed by atoms with Gasteiger partial charge < -0.3 is 10.1 Å². The summed E-state index contributed by atoms with van der Waals surface area (Å²) in [6.45, 7) is 4.01. The van der Waals surface area contributed by atoms with Gasteiger partial charge in [-0.25, -0.2) is 9.18 Å². The summed E-state index contributed by atoms with van der Waals surface area (Å²) >= 11 is 0. The molecule has 0 saturated heterocycles. The molecule has 1 aromatic rings. The molecule has 3 nitrogen and oxygen atoms in total. The Kier molecular flexibility index (Phi) is 4.76. The molecule has 0 aliphatic carbocycles. The number of benzene rings is 1. The molecule has 1 rings (SSSR count). The van der Waals surface area contributed by atoms with Crippen LogP contribution in [-0.2, 0) is 11.2 Å². The van der Waals surface area contributed by atoms with Gasteiger partial charge in [0, 0.05) is 6.54 Å². The minimum atomic E-state index is -0.439. The number of amides is 1. The van der Waals surface area contributed by atoms with Crippen LogP contribution in [0.15, 0.2) is 24.3 Å². The lowest BCUT2D eigenvalue weighted by atomic mass is 10.1. The zero-order chi connectivity index (χ0) is 12.0. The Morgan fingerprint density at radius 1 is 1.50 bits per heavy atom. The van der Waals surface area contributed by atoms with Crippen LogP contribution in [-0.4, -0.2) is 18.7 Å². The van der Waals surface area contributed by atoms with Crippen LogP contribution < -0.4 is 5.32 Å². The number of carbonyl (C=O) groups excluding carboxylic acids is 1. The second-order valence-electron chi connectivity index (χ2n) is 3.76. The van der Waals surface area contributed by atoms with Gasteiger partial charge in [0.15, 0.2) is 0 Å². The van der Waals surface area contributed by atoms with E-state index in [1.54, 1.807) is 19.9 Å². The maximum absolute atomic E-state index is 12.8. The summed E-state index contributed by atoms with van der Waals surface area (Å²) in [6.07, 6.45) is 0.0193. The van der Waals surface area contributed by atoms with Crippen LogP contribution in [0, 0.1) is 5.82 Å². The largest absolute Gasteiger partial charge is 0.447 e. The van der Waals surface area contributed by atoms with Gasteiger partial charge in [0.2, 0.25) is 0 Å². The van der Waals surface area contributed by atoms with Crippen LogP contribution in [0.25, 0.3) is 0 Å². The zero-order valence-electron chi connectivity index (χ0n) is 9.50. The van der Waals surface area contributed by atoms with E-state index in [1.165, 1.54) is 12.1 Å². The average molecular weight is 225 g/mol. The second-order valence-corrected chi connectivity index (χ2v) is 3.76. The lowest BCUT2D eigenvalue weighted by Crippen LogP contribution is -2.28. The van der Waals surface area contributed by atoms with Gasteiger partial charge in [-0.3, -0.25) is 0 Å². The van der Waals surface area contributed by atoms with E-state index in [1.807, 2.05) is 6.07 Å². The Bertz CT molecular complexity index is 353. The third-order valence-electron chi connectivity index (χ3n) is 1.91. The third kappa shape index (κ3) is 4.77. The number of alkyl carbamates (subject to hydrolysis) is 1. The first-order chi connectivity index (χ1) is 7.58. The van der Waals surface area contributed by atoms with Crippen LogP contribution in [0.4, 0.5) is 9.18 Å². The van der Waals surface area contributed by atoms with Crippen molar-refractivity contribution in [3.8, 4) is 0 Å². The van der Waals surface area contributed by atoms with Crippen LogP contribution in [0.1, 0.15) is 19.4 Å². The summed E-state index contributed by atoms with van der Waals surface area (Å²) in [6, 6.07) is 6.31. The SMILES string of the molecule is CC(C)OC(=O)NCCc1cccc(F)c1. The molecule has 4 heteroatoms. The first kappa shape index (κ1) is 12.5. The maximum atomic E-state index is 12.8. The first-order valence-corrected chi connectivity index (χ1v) is 5.27. The van der Waals surface area contributed by atoms with Gasteiger partial charge in [-0.1, -0.05) is 12.1 Å². The first-order valence-electron chi connectivity index (χ1n) is 5.27. The van der Waals surface area contributed by atoms with Crippen LogP contribution >= 0.6 is 0 Å². The fourth-order valence-electron chi connectivity index (χ4n) is 1.26. The number of hydrogen-bond donors (Lipinski definition) is 1. The number of halogens is 1. The van der Waals surface area contributed by atoms with Crippen molar-refractivity contribution in [2.24, 2.45) is 0 Å². The Labute approximate surface area is 94.6 Å². The molecule has 0 spiro atoms. The smallest absolute Gasteiger partial charge is 0.407 e. The summed E-state index contributed by atoms with van der Waals surface area (Å²) < 4.78 is 17.7. The summed E-state index contributed by atoms with van der Waals surface area (Å²) in [7, 11) is 0. The van der Waals surface area contributed by atoms with E-state index < -0.39 is 6.09 Å². The molecular weight excluding hydrogens is 209 g/mol. The van der Waals surface area contributed by atoms with Crippen molar-refractivity contribution in [2.45, 2.75) is 26.4 Å². The predicted molar refractivity (Wildman–Crippen MR) is 59.7 cm³/mol. The Hall–Kier alpha value is -1.58. The molecule has 88 valence electrons. The standard InChI is InChI=1S/C12H16FNO2/c1-9(2)16-12(15)14-7-6-10-4-3-5-11(13)8-10/h3-5,8-9H,6-7H2,1-2H3,(H,14,15). The lowest BCUT2D eigenvalue weighted by molar-refractivity contribution is 0.116. The summed E-state index contributed by atoms with van der Waals surface area (Å²) in [5.41, 5.74) is 0.852. The molecule has 0 bridgehead atoms. The normalized spacial score (nSPS) is 10.2. The molecule has 0 aromatic heterocycles. The van der Waals surface area contributed by atoms with Gasteiger partial charge >= 0.3 is 6.09 Å². The van der Waals surface area contributed by atoms with Gasteiger partial charge in [-0.05, 0) is 38.0 Å². The van der Waals surface area contributed by atoms with Crippen molar-refractivity contribution in [3.63, 3.8) is 0 Å². The minimum Gasteiger partial charge on any atom is -0.447 e. The van der Waals surface area contributed by atoms with Crippen molar-refractivity contribution >= 4 is 6.09 Å². The number of nitrogens with one attached hydrogen (secondary N) is 1. The van der Waals surface area contributed by atoms with Crippen molar-refractivity contribution in [2.75, 3.05) is 6.54 Å². The molecule has 1 N–H and O–H groups in total. The number of hydrogen-bond acceptors (Lipinski definition) is 2. The van der Waals surface area contributed by atoms with E-state index in [-0.39, 0.29) is 11.9 Å². The lowest BCUT2D eigenvalue weighted by Gasteiger charge is -2.09. The number of rotatable bonds is 4. The van der Waals surface area contributed by atoms with E-state index in [0.29, 0.717) is 13.0 Å². The molecule has 0 fully saturated rings. The third-order valence-corrected chi connectivity index (χ3v) is 1.91. The zero-order valence-corrected chi connectivity index (χ0v) is 9.50. The monoisotopic (exact) mass is 225 g/mol. The van der Waals surface area contributed by atoms with Crippen LogP contribution in [0.2, 0.25) is 0 Å². The molecule has 0 saturated carbocycles. The van der Waals surface area contributed by atoms with Crippen molar-refractivity contribution in [3.05, 3.63) is 35.6 Å². The maximum Gasteiger partial charge on any atom is 0.407 e. The van der Waals surface area contributed by atoms with E-state index in [0.717, 1.165) is 5.56 Å².